The number of hydrogen-bond donors (Lipinski definition) is 0. The van der Waals surface area contributed by atoms with E-state index in [-0.39, 0.29) is 0 Å². The quantitative estimate of drug-likeness (QED) is 0.802. The van der Waals surface area contributed by atoms with Crippen molar-refractivity contribution in [2.24, 2.45) is 7.05 Å². The topological polar surface area (TPSA) is 51.8 Å². The van der Waals surface area contributed by atoms with E-state index >= 15 is 0 Å². The van der Waals surface area contributed by atoms with Crippen LogP contribution in [-0.4, -0.2) is 42.5 Å². The van der Waals surface area contributed by atoms with Gasteiger partial charge >= 0.3 is 0 Å². The van der Waals surface area contributed by atoms with Crippen molar-refractivity contribution in [3.63, 3.8) is 0 Å². The molecule has 1 unspecified atom stereocenters. The second-order valence-corrected chi connectivity index (χ2v) is 5.03. The lowest BCUT2D eigenvalue weighted by atomic mass is 10.3. The fourth-order valence-corrected chi connectivity index (χ4v) is 2.45. The van der Waals surface area contributed by atoms with Gasteiger partial charge in [-0.15, -0.1) is 10.2 Å². The molecule has 0 amide bonds. The number of hydrogen-bond acceptors (Lipinski definition) is 4. The van der Waals surface area contributed by atoms with Gasteiger partial charge in [-0.3, -0.25) is 9.58 Å². The van der Waals surface area contributed by atoms with Crippen molar-refractivity contribution in [1.82, 2.24) is 29.4 Å². The SMILES string of the molecule is Cc1cnn(C2CCN(Cc3nncn3C)C2)c1. The molecule has 18 heavy (non-hydrogen) atoms. The normalized spacial score (nSPS) is 20.7. The first kappa shape index (κ1) is 11.4. The molecule has 1 saturated heterocycles. The lowest BCUT2D eigenvalue weighted by Gasteiger charge is -2.15. The van der Waals surface area contributed by atoms with E-state index in [1.54, 1.807) is 6.33 Å². The van der Waals surface area contributed by atoms with Crippen LogP contribution in [-0.2, 0) is 13.6 Å². The molecular weight excluding hydrogens is 228 g/mol. The summed E-state index contributed by atoms with van der Waals surface area (Å²) in [4.78, 5) is 2.41. The Morgan fingerprint density at radius 1 is 1.44 bits per heavy atom. The minimum absolute atomic E-state index is 0.493. The highest BCUT2D eigenvalue weighted by Crippen LogP contribution is 2.22. The van der Waals surface area contributed by atoms with Crippen LogP contribution >= 0.6 is 0 Å². The van der Waals surface area contributed by atoms with Gasteiger partial charge in [-0.1, -0.05) is 0 Å². The Morgan fingerprint density at radius 3 is 3.00 bits per heavy atom. The number of rotatable bonds is 3. The maximum Gasteiger partial charge on any atom is 0.146 e. The maximum atomic E-state index is 4.40. The van der Waals surface area contributed by atoms with Gasteiger partial charge in [0.25, 0.3) is 0 Å². The summed E-state index contributed by atoms with van der Waals surface area (Å²) < 4.78 is 4.07. The smallest absolute Gasteiger partial charge is 0.146 e. The fourth-order valence-electron chi connectivity index (χ4n) is 2.45. The molecule has 0 bridgehead atoms. The molecule has 0 spiro atoms. The third-order valence-corrected chi connectivity index (χ3v) is 3.52. The minimum atomic E-state index is 0.493. The monoisotopic (exact) mass is 246 g/mol. The van der Waals surface area contributed by atoms with Crippen LogP contribution in [0.5, 0.6) is 0 Å². The van der Waals surface area contributed by atoms with Gasteiger partial charge in [0, 0.05) is 26.3 Å². The van der Waals surface area contributed by atoms with E-state index in [4.69, 9.17) is 0 Å². The van der Waals surface area contributed by atoms with Crippen LogP contribution in [0.25, 0.3) is 0 Å². The lowest BCUT2D eigenvalue weighted by Crippen LogP contribution is -2.23. The molecular formula is C12H18N6. The van der Waals surface area contributed by atoms with E-state index in [1.165, 1.54) is 5.56 Å². The Labute approximate surface area is 106 Å². The second kappa shape index (κ2) is 4.53. The summed E-state index contributed by atoms with van der Waals surface area (Å²) in [5.41, 5.74) is 1.22. The number of likely N-dealkylation sites (tertiary alicyclic amines) is 1. The summed E-state index contributed by atoms with van der Waals surface area (Å²) >= 11 is 0. The van der Waals surface area contributed by atoms with Crippen LogP contribution in [0.4, 0.5) is 0 Å². The minimum Gasteiger partial charge on any atom is -0.320 e. The standard InChI is InChI=1S/C12H18N6/c1-10-5-14-18(6-10)11-3-4-17(7-11)8-12-15-13-9-16(12)2/h5-6,9,11H,3-4,7-8H2,1-2H3. The predicted molar refractivity (Wildman–Crippen MR) is 66.9 cm³/mol. The van der Waals surface area contributed by atoms with Gasteiger partial charge in [-0.2, -0.15) is 5.10 Å². The summed E-state index contributed by atoms with van der Waals surface area (Å²) in [6.07, 6.45) is 6.94. The summed E-state index contributed by atoms with van der Waals surface area (Å²) in [5, 5.41) is 12.4. The van der Waals surface area contributed by atoms with Crippen molar-refractivity contribution in [1.29, 1.82) is 0 Å². The Bertz CT molecular complexity index is 528. The van der Waals surface area contributed by atoms with Crippen LogP contribution in [0, 0.1) is 6.92 Å². The van der Waals surface area contributed by atoms with Crippen LogP contribution in [0.2, 0.25) is 0 Å². The van der Waals surface area contributed by atoms with Gasteiger partial charge in [0.15, 0.2) is 0 Å². The predicted octanol–water partition coefficient (Wildman–Crippen LogP) is 0.767. The first-order valence-electron chi connectivity index (χ1n) is 6.28. The maximum absolute atomic E-state index is 4.40. The van der Waals surface area contributed by atoms with Crippen molar-refractivity contribution in [3.8, 4) is 0 Å². The average Bonchev–Trinajstić information content (AvgIpc) is 3.03. The molecule has 0 N–H and O–H groups in total. The molecule has 96 valence electrons. The highest BCUT2D eigenvalue weighted by Gasteiger charge is 2.25. The van der Waals surface area contributed by atoms with E-state index in [1.807, 2.05) is 17.8 Å². The van der Waals surface area contributed by atoms with Crippen LogP contribution in [0.1, 0.15) is 23.9 Å². The van der Waals surface area contributed by atoms with Crippen LogP contribution in [0.15, 0.2) is 18.7 Å². The molecule has 6 nitrogen and oxygen atoms in total. The third-order valence-electron chi connectivity index (χ3n) is 3.52. The zero-order chi connectivity index (χ0) is 12.5. The van der Waals surface area contributed by atoms with Gasteiger partial charge in [-0.05, 0) is 18.9 Å². The summed E-state index contributed by atoms with van der Waals surface area (Å²) in [6, 6.07) is 0.493. The highest BCUT2D eigenvalue weighted by molar-refractivity contribution is 5.01. The van der Waals surface area contributed by atoms with Gasteiger partial charge < -0.3 is 4.57 Å². The third kappa shape index (κ3) is 2.15. The zero-order valence-corrected chi connectivity index (χ0v) is 10.8. The van der Waals surface area contributed by atoms with E-state index in [0.29, 0.717) is 6.04 Å². The molecule has 0 aromatic carbocycles. The van der Waals surface area contributed by atoms with Gasteiger partial charge in [0.1, 0.15) is 12.2 Å². The molecule has 0 saturated carbocycles. The summed E-state index contributed by atoms with van der Waals surface area (Å²) in [7, 11) is 1.99. The Hall–Kier alpha value is -1.69. The average molecular weight is 246 g/mol. The molecule has 2 aromatic heterocycles. The Kier molecular flexibility index (Phi) is 2.87. The lowest BCUT2D eigenvalue weighted by molar-refractivity contribution is 0.300. The molecule has 1 atom stereocenters. The zero-order valence-electron chi connectivity index (χ0n) is 10.8. The van der Waals surface area contributed by atoms with Crippen molar-refractivity contribution >= 4 is 0 Å². The van der Waals surface area contributed by atoms with E-state index < -0.39 is 0 Å². The molecule has 2 aromatic rings. The second-order valence-electron chi connectivity index (χ2n) is 5.03. The Morgan fingerprint density at radius 2 is 2.33 bits per heavy atom. The highest BCUT2D eigenvalue weighted by atomic mass is 15.3. The van der Waals surface area contributed by atoms with Crippen molar-refractivity contribution < 1.29 is 0 Å². The molecule has 3 heterocycles. The van der Waals surface area contributed by atoms with Crippen LogP contribution in [0.3, 0.4) is 0 Å². The van der Waals surface area contributed by atoms with E-state index in [2.05, 4.69) is 38.0 Å². The number of aromatic nitrogens is 5. The van der Waals surface area contributed by atoms with E-state index in [0.717, 1.165) is 31.9 Å². The van der Waals surface area contributed by atoms with Gasteiger partial charge in [-0.25, -0.2) is 0 Å². The van der Waals surface area contributed by atoms with Gasteiger partial charge in [0.2, 0.25) is 0 Å². The Balaban J connectivity index is 1.63. The van der Waals surface area contributed by atoms with E-state index in [9.17, 15) is 0 Å². The molecule has 1 aliphatic heterocycles. The van der Waals surface area contributed by atoms with Gasteiger partial charge in [0.05, 0.1) is 18.8 Å². The van der Waals surface area contributed by atoms with Crippen molar-refractivity contribution in [3.05, 3.63) is 30.1 Å². The number of nitrogens with zero attached hydrogens (tertiary/aromatic N) is 6. The summed E-state index contributed by atoms with van der Waals surface area (Å²) in [5.74, 6) is 1.02. The number of aryl methyl sites for hydroxylation is 2. The molecule has 6 heteroatoms. The first-order chi connectivity index (χ1) is 8.72. The molecule has 1 aliphatic rings. The largest absolute Gasteiger partial charge is 0.320 e. The van der Waals surface area contributed by atoms with Crippen LogP contribution < -0.4 is 0 Å². The molecule has 0 aliphatic carbocycles. The van der Waals surface area contributed by atoms with Crippen molar-refractivity contribution in [2.75, 3.05) is 13.1 Å². The molecule has 3 rings (SSSR count). The molecule has 1 fully saturated rings. The van der Waals surface area contributed by atoms with Crippen molar-refractivity contribution in [2.45, 2.75) is 25.9 Å². The fraction of sp³-hybridized carbons (Fsp3) is 0.583. The first-order valence-corrected chi connectivity index (χ1v) is 6.28. The summed E-state index contributed by atoms with van der Waals surface area (Å²) in [6.45, 7) is 5.08. The molecule has 0 radical (unpaired) electrons.